The van der Waals surface area contributed by atoms with Crippen LogP contribution in [0.4, 0.5) is 5.95 Å². The van der Waals surface area contributed by atoms with E-state index in [-0.39, 0.29) is 5.75 Å². The summed E-state index contributed by atoms with van der Waals surface area (Å²) in [6.07, 6.45) is 1.63. The van der Waals surface area contributed by atoms with Gasteiger partial charge in [-0.05, 0) is 19.1 Å². The number of ether oxygens (including phenoxy) is 1. The van der Waals surface area contributed by atoms with Crippen molar-refractivity contribution in [2.24, 2.45) is 0 Å². The van der Waals surface area contributed by atoms with Crippen LogP contribution in [-0.4, -0.2) is 29.2 Å². The predicted molar refractivity (Wildman–Crippen MR) is 69.3 cm³/mol. The summed E-state index contributed by atoms with van der Waals surface area (Å²) in [4.78, 5) is 10.1. The van der Waals surface area contributed by atoms with E-state index in [1.54, 1.807) is 42.3 Å². The van der Waals surface area contributed by atoms with Gasteiger partial charge in [0, 0.05) is 31.9 Å². The molecule has 2 aromatic rings. The van der Waals surface area contributed by atoms with E-state index in [0.717, 1.165) is 0 Å². The molecule has 1 N–H and O–H groups in total. The van der Waals surface area contributed by atoms with Crippen LogP contribution in [0.2, 0.25) is 0 Å². The molecule has 0 atom stereocenters. The van der Waals surface area contributed by atoms with Crippen molar-refractivity contribution in [3.8, 4) is 17.4 Å². The molecule has 18 heavy (non-hydrogen) atoms. The summed E-state index contributed by atoms with van der Waals surface area (Å²) in [7, 11) is 3.72. The maximum Gasteiger partial charge on any atom is 0.228 e. The van der Waals surface area contributed by atoms with E-state index in [4.69, 9.17) is 4.74 Å². The van der Waals surface area contributed by atoms with E-state index in [1.807, 2.05) is 14.1 Å². The Kier molecular flexibility index (Phi) is 3.32. The summed E-state index contributed by atoms with van der Waals surface area (Å²) in [6, 6.07) is 6.81. The molecular weight excluding hydrogens is 230 g/mol. The maximum atomic E-state index is 9.60. The van der Waals surface area contributed by atoms with Crippen LogP contribution < -0.4 is 9.64 Å². The molecule has 0 unspecified atom stereocenters. The number of phenolic OH excluding ortho intramolecular Hbond substituents is 1. The number of nitrogens with zero attached hydrogens (tertiary/aromatic N) is 3. The lowest BCUT2D eigenvalue weighted by Gasteiger charge is -2.12. The van der Waals surface area contributed by atoms with Crippen LogP contribution in [0.5, 0.6) is 17.4 Å². The van der Waals surface area contributed by atoms with Crippen LogP contribution in [0.1, 0.15) is 5.56 Å². The zero-order chi connectivity index (χ0) is 13.1. The Bertz CT molecular complexity index is 556. The van der Waals surface area contributed by atoms with Crippen molar-refractivity contribution >= 4 is 5.95 Å². The Labute approximate surface area is 106 Å². The highest BCUT2D eigenvalue weighted by atomic mass is 16.5. The molecule has 0 amide bonds. The summed E-state index contributed by atoms with van der Waals surface area (Å²) in [5, 5.41) is 9.60. The van der Waals surface area contributed by atoms with Crippen molar-refractivity contribution in [3.05, 3.63) is 36.0 Å². The third-order valence-corrected chi connectivity index (χ3v) is 2.49. The molecule has 0 spiro atoms. The average molecular weight is 245 g/mol. The van der Waals surface area contributed by atoms with Crippen LogP contribution in [0.15, 0.2) is 30.5 Å². The molecule has 0 aliphatic heterocycles. The van der Waals surface area contributed by atoms with E-state index in [9.17, 15) is 5.11 Å². The topological polar surface area (TPSA) is 58.5 Å². The minimum absolute atomic E-state index is 0.203. The highest BCUT2D eigenvalue weighted by molar-refractivity contribution is 5.44. The molecule has 1 heterocycles. The zero-order valence-electron chi connectivity index (χ0n) is 10.6. The Hall–Kier alpha value is -2.30. The van der Waals surface area contributed by atoms with Gasteiger partial charge in [-0.2, -0.15) is 4.98 Å². The molecule has 0 aliphatic carbocycles. The van der Waals surface area contributed by atoms with Crippen molar-refractivity contribution in [1.29, 1.82) is 0 Å². The van der Waals surface area contributed by atoms with Crippen molar-refractivity contribution in [1.82, 2.24) is 9.97 Å². The molecule has 0 bridgehead atoms. The van der Waals surface area contributed by atoms with Crippen LogP contribution >= 0.6 is 0 Å². The molecular formula is C13H15N3O2. The quantitative estimate of drug-likeness (QED) is 0.899. The normalized spacial score (nSPS) is 10.2. The first-order valence-electron chi connectivity index (χ1n) is 5.54. The second-order valence-electron chi connectivity index (χ2n) is 4.09. The first-order chi connectivity index (χ1) is 8.58. The Morgan fingerprint density at radius 2 is 2.00 bits per heavy atom. The number of anilines is 1. The molecule has 2 rings (SSSR count). The van der Waals surface area contributed by atoms with Crippen LogP contribution in [0, 0.1) is 6.92 Å². The smallest absolute Gasteiger partial charge is 0.228 e. The third kappa shape index (κ3) is 2.51. The summed E-state index contributed by atoms with van der Waals surface area (Å²) in [5.41, 5.74) is 0.683. The van der Waals surface area contributed by atoms with Crippen LogP contribution in [0.25, 0.3) is 0 Å². The number of benzene rings is 1. The molecule has 94 valence electrons. The van der Waals surface area contributed by atoms with Crippen molar-refractivity contribution in [3.63, 3.8) is 0 Å². The first kappa shape index (κ1) is 12.2. The number of hydrogen-bond donors (Lipinski definition) is 1. The molecule has 1 aromatic heterocycles. The van der Waals surface area contributed by atoms with Crippen molar-refractivity contribution < 1.29 is 9.84 Å². The molecule has 1 aromatic carbocycles. The number of rotatable bonds is 3. The van der Waals surface area contributed by atoms with E-state index in [0.29, 0.717) is 23.1 Å². The molecule has 0 aliphatic rings. The van der Waals surface area contributed by atoms with Gasteiger partial charge in [-0.1, -0.05) is 6.07 Å². The fraction of sp³-hybridized carbons (Fsp3) is 0.231. The number of hydrogen-bond acceptors (Lipinski definition) is 5. The summed E-state index contributed by atoms with van der Waals surface area (Å²) >= 11 is 0. The average Bonchev–Trinajstić information content (AvgIpc) is 2.35. The maximum absolute atomic E-state index is 9.60. The second kappa shape index (κ2) is 4.91. The lowest BCUT2D eigenvalue weighted by Crippen LogP contribution is -2.12. The summed E-state index contributed by atoms with van der Waals surface area (Å²) in [5.74, 6) is 1.81. The SMILES string of the molecule is Cc1c(O)cccc1Oc1ccnc(N(C)C)n1. The molecule has 5 heteroatoms. The standard InChI is InChI=1S/C13H15N3O2/c1-9-10(17)5-4-6-11(9)18-12-7-8-14-13(15-12)16(2)3/h4-8,17H,1-3H3. The van der Waals surface area contributed by atoms with Gasteiger partial charge in [0.1, 0.15) is 11.5 Å². The molecule has 0 fully saturated rings. The molecule has 0 saturated heterocycles. The van der Waals surface area contributed by atoms with Gasteiger partial charge >= 0.3 is 0 Å². The van der Waals surface area contributed by atoms with Gasteiger partial charge in [0.2, 0.25) is 11.8 Å². The van der Waals surface area contributed by atoms with E-state index in [2.05, 4.69) is 9.97 Å². The first-order valence-corrected chi connectivity index (χ1v) is 5.54. The van der Waals surface area contributed by atoms with Crippen LogP contribution in [-0.2, 0) is 0 Å². The Morgan fingerprint density at radius 1 is 1.22 bits per heavy atom. The van der Waals surface area contributed by atoms with E-state index < -0.39 is 0 Å². The van der Waals surface area contributed by atoms with Gasteiger partial charge in [0.15, 0.2) is 0 Å². The second-order valence-corrected chi connectivity index (χ2v) is 4.09. The van der Waals surface area contributed by atoms with Gasteiger partial charge in [-0.3, -0.25) is 0 Å². The van der Waals surface area contributed by atoms with E-state index in [1.165, 1.54) is 0 Å². The fourth-order valence-electron chi connectivity index (χ4n) is 1.43. The fourth-order valence-corrected chi connectivity index (χ4v) is 1.43. The largest absolute Gasteiger partial charge is 0.508 e. The predicted octanol–water partition coefficient (Wildman–Crippen LogP) is 2.35. The number of aromatic nitrogens is 2. The summed E-state index contributed by atoms with van der Waals surface area (Å²) in [6.45, 7) is 1.79. The molecule has 0 saturated carbocycles. The lowest BCUT2D eigenvalue weighted by atomic mass is 10.2. The van der Waals surface area contributed by atoms with Crippen molar-refractivity contribution in [2.75, 3.05) is 19.0 Å². The molecule has 5 nitrogen and oxygen atoms in total. The summed E-state index contributed by atoms with van der Waals surface area (Å²) < 4.78 is 5.64. The minimum Gasteiger partial charge on any atom is -0.508 e. The Balaban J connectivity index is 2.28. The van der Waals surface area contributed by atoms with Gasteiger partial charge in [0.05, 0.1) is 0 Å². The molecule has 0 radical (unpaired) electrons. The third-order valence-electron chi connectivity index (χ3n) is 2.49. The van der Waals surface area contributed by atoms with Gasteiger partial charge < -0.3 is 14.7 Å². The van der Waals surface area contributed by atoms with Gasteiger partial charge in [-0.25, -0.2) is 4.98 Å². The van der Waals surface area contributed by atoms with Crippen molar-refractivity contribution in [2.45, 2.75) is 6.92 Å². The minimum atomic E-state index is 0.203. The number of phenols is 1. The highest BCUT2D eigenvalue weighted by Crippen LogP contribution is 2.29. The Morgan fingerprint density at radius 3 is 2.72 bits per heavy atom. The van der Waals surface area contributed by atoms with Crippen LogP contribution in [0.3, 0.4) is 0 Å². The highest BCUT2D eigenvalue weighted by Gasteiger charge is 2.07. The van der Waals surface area contributed by atoms with Gasteiger partial charge in [0.25, 0.3) is 0 Å². The van der Waals surface area contributed by atoms with E-state index >= 15 is 0 Å². The monoisotopic (exact) mass is 245 g/mol. The number of aromatic hydroxyl groups is 1. The lowest BCUT2D eigenvalue weighted by molar-refractivity contribution is 0.438. The van der Waals surface area contributed by atoms with Gasteiger partial charge in [-0.15, -0.1) is 0 Å². The zero-order valence-corrected chi connectivity index (χ0v) is 10.6.